The molecule has 2 heterocycles. The number of nitrogens with zero attached hydrogens (tertiary/aromatic N) is 2. The van der Waals surface area contributed by atoms with Gasteiger partial charge in [-0.3, -0.25) is 9.59 Å². The van der Waals surface area contributed by atoms with Crippen molar-refractivity contribution in [2.75, 3.05) is 26.2 Å². The Morgan fingerprint density at radius 2 is 2.04 bits per heavy atom. The Bertz CT molecular complexity index is 735. The predicted octanol–water partition coefficient (Wildman–Crippen LogP) is 1.73. The molecule has 0 spiro atoms. The summed E-state index contributed by atoms with van der Waals surface area (Å²) in [6.07, 6.45) is 2.42. The molecule has 1 aromatic carbocycles. The van der Waals surface area contributed by atoms with Gasteiger partial charge in [-0.25, -0.2) is 0 Å². The summed E-state index contributed by atoms with van der Waals surface area (Å²) in [4.78, 5) is 26.8. The Hall–Kier alpha value is -1.76. The lowest BCUT2D eigenvalue weighted by molar-refractivity contribution is -0.144. The van der Waals surface area contributed by atoms with Crippen molar-refractivity contribution in [3.8, 4) is 5.75 Å². The van der Waals surface area contributed by atoms with E-state index in [0.29, 0.717) is 29.2 Å². The standard InChI is InChI=1S/C16H16Cl2N2O4/c17-11-1-2-12(22)15(16(11)18)9-3-4-20-10(5-9)6-19(7-13(20)23)14(24)8-21/h1-2,5,9,21-22H,3-4,6-8H2/t9-/m1/s1. The van der Waals surface area contributed by atoms with Gasteiger partial charge in [0.2, 0.25) is 11.8 Å². The van der Waals surface area contributed by atoms with Gasteiger partial charge >= 0.3 is 0 Å². The molecule has 2 amide bonds. The molecule has 2 aliphatic rings. The number of aromatic hydroxyl groups is 1. The first-order chi connectivity index (χ1) is 11.4. The molecule has 128 valence electrons. The van der Waals surface area contributed by atoms with E-state index in [9.17, 15) is 14.7 Å². The van der Waals surface area contributed by atoms with Crippen LogP contribution >= 0.6 is 23.2 Å². The Kier molecular flexibility index (Phi) is 4.71. The number of allylic oxidation sites excluding steroid dienone is 1. The lowest BCUT2D eigenvalue weighted by Crippen LogP contribution is -2.52. The number of phenolic OH excluding ortho intramolecular Hbond substituents is 1. The van der Waals surface area contributed by atoms with Gasteiger partial charge in [-0.1, -0.05) is 29.3 Å². The average molecular weight is 371 g/mol. The summed E-state index contributed by atoms with van der Waals surface area (Å²) in [5, 5.41) is 19.8. The second kappa shape index (κ2) is 6.63. The molecule has 8 heteroatoms. The summed E-state index contributed by atoms with van der Waals surface area (Å²) in [7, 11) is 0. The van der Waals surface area contributed by atoms with Crippen molar-refractivity contribution in [1.29, 1.82) is 0 Å². The molecule has 0 unspecified atom stereocenters. The molecule has 1 fully saturated rings. The Morgan fingerprint density at radius 1 is 1.29 bits per heavy atom. The van der Waals surface area contributed by atoms with Gasteiger partial charge in [-0.2, -0.15) is 0 Å². The summed E-state index contributed by atoms with van der Waals surface area (Å²) < 4.78 is 0. The third-order valence-electron chi connectivity index (χ3n) is 4.35. The molecule has 0 radical (unpaired) electrons. The molecular weight excluding hydrogens is 355 g/mol. The summed E-state index contributed by atoms with van der Waals surface area (Å²) in [5.41, 5.74) is 1.19. The smallest absolute Gasteiger partial charge is 0.249 e. The van der Waals surface area contributed by atoms with E-state index in [4.69, 9.17) is 28.3 Å². The molecule has 2 N–H and O–H groups in total. The van der Waals surface area contributed by atoms with Crippen LogP contribution in [0.4, 0.5) is 0 Å². The number of hydrogen-bond donors (Lipinski definition) is 2. The zero-order valence-corrected chi connectivity index (χ0v) is 14.2. The van der Waals surface area contributed by atoms with Gasteiger partial charge in [0.25, 0.3) is 0 Å². The summed E-state index contributed by atoms with van der Waals surface area (Å²) in [5.74, 6) is -0.839. The summed E-state index contributed by atoms with van der Waals surface area (Å²) in [6.45, 7) is 0.0365. The van der Waals surface area contributed by atoms with E-state index < -0.39 is 12.5 Å². The van der Waals surface area contributed by atoms with Crippen molar-refractivity contribution in [3.63, 3.8) is 0 Å². The molecule has 1 atom stereocenters. The number of piperazine rings is 1. The normalized spacial score (nSPS) is 20.7. The largest absolute Gasteiger partial charge is 0.508 e. The number of phenols is 1. The van der Waals surface area contributed by atoms with Gasteiger partial charge in [0.15, 0.2) is 0 Å². The Balaban J connectivity index is 1.95. The van der Waals surface area contributed by atoms with E-state index in [1.54, 1.807) is 4.90 Å². The molecule has 24 heavy (non-hydrogen) atoms. The van der Waals surface area contributed by atoms with Crippen molar-refractivity contribution >= 4 is 35.0 Å². The van der Waals surface area contributed by atoms with Crippen LogP contribution in [-0.2, 0) is 9.59 Å². The van der Waals surface area contributed by atoms with Crippen LogP contribution < -0.4 is 0 Å². The lowest BCUT2D eigenvalue weighted by atomic mass is 9.90. The first kappa shape index (κ1) is 17.1. The van der Waals surface area contributed by atoms with Crippen LogP contribution in [0.15, 0.2) is 23.9 Å². The van der Waals surface area contributed by atoms with Crippen LogP contribution in [-0.4, -0.2) is 58.1 Å². The number of aliphatic hydroxyl groups excluding tert-OH is 1. The average Bonchev–Trinajstić information content (AvgIpc) is 2.57. The summed E-state index contributed by atoms with van der Waals surface area (Å²) >= 11 is 12.3. The quantitative estimate of drug-likeness (QED) is 0.830. The second-order valence-corrected chi connectivity index (χ2v) is 6.59. The van der Waals surface area contributed by atoms with Crippen molar-refractivity contribution in [2.45, 2.75) is 12.3 Å². The van der Waals surface area contributed by atoms with Gasteiger partial charge in [0.1, 0.15) is 18.9 Å². The minimum Gasteiger partial charge on any atom is -0.508 e. The second-order valence-electron chi connectivity index (χ2n) is 5.80. The van der Waals surface area contributed by atoms with Gasteiger partial charge in [-0.15, -0.1) is 0 Å². The number of halogens is 2. The Labute approximate surface area is 148 Å². The molecule has 1 aromatic rings. The van der Waals surface area contributed by atoms with E-state index in [1.165, 1.54) is 17.0 Å². The summed E-state index contributed by atoms with van der Waals surface area (Å²) in [6, 6.07) is 3.01. The van der Waals surface area contributed by atoms with E-state index in [0.717, 1.165) is 0 Å². The number of benzene rings is 1. The van der Waals surface area contributed by atoms with Gasteiger partial charge in [0.05, 0.1) is 16.6 Å². The maximum absolute atomic E-state index is 12.2. The highest BCUT2D eigenvalue weighted by Crippen LogP contribution is 2.42. The molecule has 3 rings (SSSR count). The van der Waals surface area contributed by atoms with Crippen LogP contribution in [0.2, 0.25) is 10.0 Å². The van der Waals surface area contributed by atoms with Crippen molar-refractivity contribution in [2.24, 2.45) is 0 Å². The highest BCUT2D eigenvalue weighted by Gasteiger charge is 2.34. The van der Waals surface area contributed by atoms with E-state index >= 15 is 0 Å². The third kappa shape index (κ3) is 2.97. The molecular formula is C16H16Cl2N2O4. The minimum absolute atomic E-state index is 0.0371. The fraction of sp³-hybridized carbons (Fsp3) is 0.375. The fourth-order valence-electron chi connectivity index (χ4n) is 3.15. The monoisotopic (exact) mass is 370 g/mol. The van der Waals surface area contributed by atoms with Crippen molar-refractivity contribution in [3.05, 3.63) is 39.5 Å². The lowest BCUT2D eigenvalue weighted by Gasteiger charge is -2.40. The number of amides is 2. The van der Waals surface area contributed by atoms with Gasteiger partial charge < -0.3 is 20.0 Å². The van der Waals surface area contributed by atoms with Gasteiger partial charge in [0, 0.05) is 23.7 Å². The van der Waals surface area contributed by atoms with Crippen molar-refractivity contribution < 1.29 is 19.8 Å². The number of hydrogen-bond acceptors (Lipinski definition) is 4. The van der Waals surface area contributed by atoms with Crippen LogP contribution in [0.25, 0.3) is 0 Å². The molecule has 0 saturated carbocycles. The molecule has 0 bridgehead atoms. The third-order valence-corrected chi connectivity index (χ3v) is 5.17. The number of fused-ring (bicyclic) bond motifs is 1. The first-order valence-electron chi connectivity index (χ1n) is 7.49. The van der Waals surface area contributed by atoms with Crippen LogP contribution in [0.1, 0.15) is 17.9 Å². The molecule has 1 saturated heterocycles. The van der Waals surface area contributed by atoms with Crippen molar-refractivity contribution in [1.82, 2.24) is 9.80 Å². The topological polar surface area (TPSA) is 81.1 Å². The predicted molar refractivity (Wildman–Crippen MR) is 88.9 cm³/mol. The highest BCUT2D eigenvalue weighted by atomic mass is 35.5. The number of rotatable bonds is 2. The number of carbonyl (C=O) groups excluding carboxylic acids is 2. The van der Waals surface area contributed by atoms with Crippen LogP contribution in [0, 0.1) is 0 Å². The zero-order chi connectivity index (χ0) is 17.4. The van der Waals surface area contributed by atoms with E-state index in [1.807, 2.05) is 6.08 Å². The first-order valence-corrected chi connectivity index (χ1v) is 8.24. The molecule has 0 aromatic heterocycles. The van der Waals surface area contributed by atoms with Crippen LogP contribution in [0.5, 0.6) is 5.75 Å². The maximum Gasteiger partial charge on any atom is 0.249 e. The SMILES string of the molecule is O=C(CO)N1CC(=O)N2CC[C@@H](c3c(O)ccc(Cl)c3Cl)C=C2C1. The Morgan fingerprint density at radius 3 is 2.75 bits per heavy atom. The molecule has 6 nitrogen and oxygen atoms in total. The number of carbonyl (C=O) groups is 2. The van der Waals surface area contributed by atoms with E-state index in [-0.39, 0.29) is 35.7 Å². The highest BCUT2D eigenvalue weighted by molar-refractivity contribution is 6.42. The maximum atomic E-state index is 12.2. The fourth-order valence-corrected chi connectivity index (χ4v) is 3.62. The van der Waals surface area contributed by atoms with Crippen LogP contribution in [0.3, 0.4) is 0 Å². The molecule has 0 aliphatic carbocycles. The van der Waals surface area contributed by atoms with E-state index in [2.05, 4.69) is 0 Å². The zero-order valence-electron chi connectivity index (χ0n) is 12.7. The number of aliphatic hydroxyl groups is 1. The minimum atomic E-state index is -0.634. The molecule has 2 aliphatic heterocycles. The van der Waals surface area contributed by atoms with Gasteiger partial charge in [-0.05, 0) is 18.6 Å².